The van der Waals surface area contributed by atoms with Gasteiger partial charge in [0.1, 0.15) is 6.33 Å². The van der Waals surface area contributed by atoms with Crippen LogP contribution in [-0.2, 0) is 22.1 Å². The van der Waals surface area contributed by atoms with E-state index in [0.717, 1.165) is 5.56 Å². The molecule has 6 nitrogen and oxygen atoms in total. The topological polar surface area (TPSA) is 88.1 Å². The van der Waals surface area contributed by atoms with E-state index >= 15 is 0 Å². The van der Waals surface area contributed by atoms with Crippen LogP contribution < -0.4 is 0 Å². The lowest BCUT2D eigenvalue weighted by Crippen LogP contribution is -2.23. The molecule has 20 heavy (non-hydrogen) atoms. The van der Waals surface area contributed by atoms with Gasteiger partial charge in [-0.25, -0.2) is 4.98 Å². The number of aromatic nitrogens is 3. The Morgan fingerprint density at radius 1 is 1.40 bits per heavy atom. The summed E-state index contributed by atoms with van der Waals surface area (Å²) in [7, 11) is -1.41. The zero-order chi connectivity index (χ0) is 14.4. The fraction of sp³-hybridized carbons (Fsp3) is 0.333. The van der Waals surface area contributed by atoms with E-state index in [2.05, 4.69) is 15.2 Å². The molecular formula is C12H14ClN3O3S. The van der Waals surface area contributed by atoms with Crippen molar-refractivity contribution < 1.29 is 14.1 Å². The number of rotatable bonds is 7. The van der Waals surface area contributed by atoms with Crippen LogP contribution in [-0.4, -0.2) is 43.0 Å². The summed E-state index contributed by atoms with van der Waals surface area (Å²) in [6, 6.07) is 7.24. The van der Waals surface area contributed by atoms with Crippen molar-refractivity contribution in [3.63, 3.8) is 0 Å². The molecule has 0 bridgehead atoms. The molecule has 0 radical (unpaired) electrons. The number of nitrogens with one attached hydrogen (secondary N) is 1. The van der Waals surface area contributed by atoms with E-state index in [0.29, 0.717) is 11.6 Å². The summed E-state index contributed by atoms with van der Waals surface area (Å²) < 4.78 is 17.1. The molecule has 1 aromatic carbocycles. The van der Waals surface area contributed by atoms with Gasteiger partial charge >= 0.3 is 0 Å². The smallest absolute Gasteiger partial charge is 0.214 e. The maximum atomic E-state index is 11.7. The van der Waals surface area contributed by atoms with Gasteiger partial charge in [-0.1, -0.05) is 23.7 Å². The quantitative estimate of drug-likeness (QED) is 0.800. The number of halogens is 1. The highest BCUT2D eigenvalue weighted by atomic mass is 35.5. The second-order valence-electron chi connectivity index (χ2n) is 4.10. The zero-order valence-electron chi connectivity index (χ0n) is 10.5. The molecule has 0 spiro atoms. The van der Waals surface area contributed by atoms with Crippen LogP contribution in [0.25, 0.3) is 0 Å². The minimum absolute atomic E-state index is 0.0514. The molecule has 108 valence electrons. The average molecular weight is 316 g/mol. The molecule has 2 aromatic rings. The number of hydrogen-bond donors (Lipinski definition) is 2. The molecule has 0 aliphatic carbocycles. The minimum Gasteiger partial charge on any atom is -0.390 e. The Morgan fingerprint density at radius 2 is 2.15 bits per heavy atom. The first-order valence-corrected chi connectivity index (χ1v) is 7.59. The predicted octanol–water partition coefficient (Wildman–Crippen LogP) is 1.14. The van der Waals surface area contributed by atoms with Gasteiger partial charge in [0.05, 0.1) is 35.9 Å². The summed E-state index contributed by atoms with van der Waals surface area (Å²) in [5, 5.41) is 16.8. The predicted molar refractivity (Wildman–Crippen MR) is 74.8 cm³/mol. The van der Waals surface area contributed by atoms with Crippen molar-refractivity contribution in [3.05, 3.63) is 41.2 Å². The highest BCUT2D eigenvalue weighted by molar-refractivity contribution is 7.84. The van der Waals surface area contributed by atoms with Crippen LogP contribution in [0.3, 0.4) is 0 Å². The fourth-order valence-corrected chi connectivity index (χ4v) is 2.55. The SMILES string of the molecule is O=S(CC(O)COCc1ccc(Cl)cc1)c1ncn[nH]1. The van der Waals surface area contributed by atoms with Gasteiger partial charge in [-0.05, 0) is 17.7 Å². The van der Waals surface area contributed by atoms with Gasteiger partial charge in [0.25, 0.3) is 0 Å². The highest BCUT2D eigenvalue weighted by Gasteiger charge is 2.13. The first kappa shape index (κ1) is 15.1. The largest absolute Gasteiger partial charge is 0.390 e. The lowest BCUT2D eigenvalue weighted by atomic mass is 10.2. The summed E-state index contributed by atoms with van der Waals surface area (Å²) in [5.41, 5.74) is 0.956. The summed E-state index contributed by atoms with van der Waals surface area (Å²) in [6.07, 6.45) is 0.449. The van der Waals surface area contributed by atoms with Crippen molar-refractivity contribution in [2.24, 2.45) is 0 Å². The average Bonchev–Trinajstić information content (AvgIpc) is 2.95. The number of benzene rings is 1. The van der Waals surface area contributed by atoms with E-state index in [9.17, 15) is 9.32 Å². The van der Waals surface area contributed by atoms with E-state index in [1.807, 2.05) is 12.1 Å². The van der Waals surface area contributed by atoms with Crippen molar-refractivity contribution in [2.75, 3.05) is 12.4 Å². The van der Waals surface area contributed by atoms with Gasteiger partial charge < -0.3 is 9.84 Å². The molecule has 2 atom stereocenters. The van der Waals surface area contributed by atoms with Crippen molar-refractivity contribution in [3.8, 4) is 0 Å². The Kier molecular flexibility index (Phi) is 5.66. The van der Waals surface area contributed by atoms with Crippen molar-refractivity contribution >= 4 is 22.4 Å². The van der Waals surface area contributed by atoms with Crippen LogP contribution in [0.1, 0.15) is 5.56 Å². The molecule has 0 fully saturated rings. The second-order valence-corrected chi connectivity index (χ2v) is 5.95. The normalized spacial score (nSPS) is 14.1. The number of H-pyrrole nitrogens is 1. The van der Waals surface area contributed by atoms with Gasteiger partial charge in [-0.15, -0.1) is 0 Å². The van der Waals surface area contributed by atoms with Crippen LogP contribution in [0.4, 0.5) is 0 Å². The Labute approximate surface area is 123 Å². The molecule has 0 aliphatic rings. The van der Waals surface area contributed by atoms with Crippen LogP contribution in [0.2, 0.25) is 5.02 Å². The number of aliphatic hydroxyl groups is 1. The van der Waals surface area contributed by atoms with Gasteiger partial charge in [0.15, 0.2) is 0 Å². The summed E-state index contributed by atoms with van der Waals surface area (Å²) in [5.74, 6) is 0.0514. The molecule has 0 saturated heterocycles. The lowest BCUT2D eigenvalue weighted by Gasteiger charge is -2.10. The fourth-order valence-electron chi connectivity index (χ4n) is 1.50. The Hall–Kier alpha value is -1.28. The number of nitrogens with zero attached hydrogens (tertiary/aromatic N) is 2. The standard InChI is InChI=1S/C12H14ClN3O3S/c13-10-3-1-9(2-4-10)5-19-6-11(17)7-20(18)12-14-8-15-16-12/h1-4,8,11,17H,5-7H2,(H,14,15,16). The third-order valence-electron chi connectivity index (χ3n) is 2.44. The minimum atomic E-state index is -1.41. The van der Waals surface area contributed by atoms with Gasteiger partial charge in [0.2, 0.25) is 5.16 Å². The zero-order valence-corrected chi connectivity index (χ0v) is 12.1. The summed E-state index contributed by atoms with van der Waals surface area (Å²) in [4.78, 5) is 3.77. The number of hydrogen-bond acceptors (Lipinski definition) is 5. The summed E-state index contributed by atoms with van der Waals surface area (Å²) >= 11 is 5.77. The van der Waals surface area contributed by atoms with E-state index in [1.54, 1.807) is 12.1 Å². The number of aliphatic hydroxyl groups excluding tert-OH is 1. The maximum absolute atomic E-state index is 11.7. The third-order valence-corrected chi connectivity index (χ3v) is 4.01. The van der Waals surface area contributed by atoms with E-state index in [-0.39, 0.29) is 17.5 Å². The highest BCUT2D eigenvalue weighted by Crippen LogP contribution is 2.10. The summed E-state index contributed by atoms with van der Waals surface area (Å²) in [6.45, 7) is 0.464. The Morgan fingerprint density at radius 3 is 2.80 bits per heavy atom. The van der Waals surface area contributed by atoms with E-state index in [1.165, 1.54) is 6.33 Å². The van der Waals surface area contributed by atoms with E-state index < -0.39 is 16.9 Å². The molecule has 2 N–H and O–H groups in total. The van der Waals surface area contributed by atoms with Gasteiger partial charge in [0, 0.05) is 5.02 Å². The number of ether oxygens (including phenoxy) is 1. The molecule has 8 heteroatoms. The van der Waals surface area contributed by atoms with Crippen LogP contribution in [0.15, 0.2) is 35.7 Å². The molecule has 0 amide bonds. The number of aromatic amines is 1. The van der Waals surface area contributed by atoms with Crippen molar-refractivity contribution in [1.82, 2.24) is 15.2 Å². The molecule has 1 heterocycles. The maximum Gasteiger partial charge on any atom is 0.214 e. The third kappa shape index (κ3) is 4.68. The van der Waals surface area contributed by atoms with Crippen molar-refractivity contribution in [1.29, 1.82) is 0 Å². The molecule has 0 aliphatic heterocycles. The Balaban J connectivity index is 1.71. The van der Waals surface area contributed by atoms with Gasteiger partial charge in [-0.2, -0.15) is 5.10 Å². The first-order valence-electron chi connectivity index (χ1n) is 5.89. The second kappa shape index (κ2) is 7.49. The molecule has 0 saturated carbocycles. The molecular weight excluding hydrogens is 302 g/mol. The lowest BCUT2D eigenvalue weighted by molar-refractivity contribution is 0.0394. The first-order chi connectivity index (χ1) is 9.65. The van der Waals surface area contributed by atoms with E-state index in [4.69, 9.17) is 16.3 Å². The van der Waals surface area contributed by atoms with Gasteiger partial charge in [-0.3, -0.25) is 9.31 Å². The van der Waals surface area contributed by atoms with Crippen molar-refractivity contribution in [2.45, 2.75) is 17.9 Å². The monoisotopic (exact) mass is 315 g/mol. The van der Waals surface area contributed by atoms with Crippen LogP contribution in [0.5, 0.6) is 0 Å². The van der Waals surface area contributed by atoms with Crippen LogP contribution >= 0.6 is 11.6 Å². The molecule has 1 aromatic heterocycles. The Bertz CT molecular complexity index is 548. The molecule has 2 rings (SSSR count). The van der Waals surface area contributed by atoms with Crippen LogP contribution in [0, 0.1) is 0 Å². The molecule has 2 unspecified atom stereocenters.